The van der Waals surface area contributed by atoms with E-state index in [0.717, 1.165) is 49.2 Å². The third-order valence-electron chi connectivity index (χ3n) is 3.37. The Labute approximate surface area is 165 Å². The van der Waals surface area contributed by atoms with Gasteiger partial charge in [0.25, 0.3) is 0 Å². The van der Waals surface area contributed by atoms with Crippen molar-refractivity contribution in [1.29, 1.82) is 0 Å². The molecule has 0 amide bonds. The molecule has 0 aromatic carbocycles. The molecular weight excluding hydrogens is 435 g/mol. The topological polar surface area (TPSA) is 62.5 Å². The predicted octanol–water partition coefficient (Wildman–Crippen LogP) is 3.95. The highest BCUT2D eigenvalue weighted by molar-refractivity contribution is 14.0. The van der Waals surface area contributed by atoms with E-state index in [1.807, 2.05) is 18.3 Å². The van der Waals surface area contributed by atoms with Crippen LogP contribution in [-0.2, 0) is 6.42 Å². The van der Waals surface area contributed by atoms with Crippen LogP contribution in [0.4, 0.5) is 0 Å². The Bertz CT molecular complexity index is 598. The van der Waals surface area contributed by atoms with Gasteiger partial charge < -0.3 is 15.1 Å². The molecule has 0 saturated heterocycles. The van der Waals surface area contributed by atoms with Crippen LogP contribution in [0, 0.1) is 6.92 Å². The van der Waals surface area contributed by atoms with Crippen LogP contribution in [0.1, 0.15) is 41.8 Å². The normalized spacial score (nSPS) is 12.5. The van der Waals surface area contributed by atoms with Gasteiger partial charge in [-0.25, -0.2) is 4.98 Å². The largest absolute Gasteiger partial charge is 0.469 e. The molecule has 0 fully saturated rings. The standard InChI is InChI=1S/C17H26N4OS.HI/c1-4-8-18-17(19-9-7-15-6-5-10-22-15)21-11-13(2)16-20-12-14(3)23-16;/h5-6,10,12-13H,4,7-9,11H2,1-3H3,(H2,18,19,21);1H. The lowest BCUT2D eigenvalue weighted by Gasteiger charge is -2.13. The maximum Gasteiger partial charge on any atom is 0.191 e. The average Bonchev–Trinajstić information content (AvgIpc) is 3.20. The van der Waals surface area contributed by atoms with E-state index in [1.165, 1.54) is 4.88 Å². The molecule has 0 aliphatic carbocycles. The lowest BCUT2D eigenvalue weighted by Crippen LogP contribution is -2.39. The molecule has 2 rings (SSSR count). The Balaban J connectivity index is 0.00000288. The zero-order chi connectivity index (χ0) is 16.5. The Morgan fingerprint density at radius 3 is 2.79 bits per heavy atom. The van der Waals surface area contributed by atoms with Crippen molar-refractivity contribution in [3.8, 4) is 0 Å². The zero-order valence-electron chi connectivity index (χ0n) is 14.5. The molecule has 5 nitrogen and oxygen atoms in total. The molecule has 2 aromatic heterocycles. The minimum Gasteiger partial charge on any atom is -0.469 e. The van der Waals surface area contributed by atoms with E-state index in [9.17, 15) is 0 Å². The van der Waals surface area contributed by atoms with E-state index >= 15 is 0 Å². The second-order valence-electron chi connectivity index (χ2n) is 5.58. The van der Waals surface area contributed by atoms with Crippen molar-refractivity contribution >= 4 is 41.3 Å². The number of furan rings is 1. The lowest BCUT2D eigenvalue weighted by atomic mass is 10.2. The number of rotatable bonds is 8. The number of aromatic nitrogens is 1. The monoisotopic (exact) mass is 462 g/mol. The molecular formula is C17H27IN4OS. The van der Waals surface area contributed by atoms with Crippen molar-refractivity contribution in [3.63, 3.8) is 0 Å². The van der Waals surface area contributed by atoms with Crippen molar-refractivity contribution in [3.05, 3.63) is 40.2 Å². The van der Waals surface area contributed by atoms with Crippen molar-refractivity contribution in [2.24, 2.45) is 4.99 Å². The molecule has 0 aliphatic heterocycles. The number of halogens is 1. The van der Waals surface area contributed by atoms with Gasteiger partial charge in [-0.2, -0.15) is 0 Å². The maximum absolute atomic E-state index is 5.35. The van der Waals surface area contributed by atoms with Gasteiger partial charge in [0, 0.05) is 36.5 Å². The zero-order valence-corrected chi connectivity index (χ0v) is 17.7. The fourth-order valence-electron chi connectivity index (χ4n) is 2.08. The van der Waals surface area contributed by atoms with E-state index in [-0.39, 0.29) is 24.0 Å². The third kappa shape index (κ3) is 7.21. The number of hydrogen-bond acceptors (Lipinski definition) is 4. The summed E-state index contributed by atoms with van der Waals surface area (Å²) in [7, 11) is 0. The summed E-state index contributed by atoms with van der Waals surface area (Å²) in [6.07, 6.45) is 5.55. The summed E-state index contributed by atoms with van der Waals surface area (Å²) < 4.78 is 5.35. The highest BCUT2D eigenvalue weighted by atomic mass is 127. The van der Waals surface area contributed by atoms with Gasteiger partial charge in [-0.1, -0.05) is 13.8 Å². The second kappa shape index (κ2) is 11.5. The van der Waals surface area contributed by atoms with E-state index in [1.54, 1.807) is 17.6 Å². The number of guanidine groups is 1. The van der Waals surface area contributed by atoms with Crippen LogP contribution in [0.2, 0.25) is 0 Å². The fourth-order valence-corrected chi connectivity index (χ4v) is 2.90. The molecule has 0 spiro atoms. The number of aliphatic imine (C=N–C) groups is 1. The number of nitrogens with zero attached hydrogens (tertiary/aromatic N) is 2. The van der Waals surface area contributed by atoms with Crippen LogP contribution < -0.4 is 10.6 Å². The molecule has 2 aromatic rings. The lowest BCUT2D eigenvalue weighted by molar-refractivity contribution is 0.506. The number of thiazole rings is 1. The Kier molecular flexibility index (Phi) is 10.0. The van der Waals surface area contributed by atoms with Gasteiger partial charge in [0.1, 0.15) is 5.76 Å². The van der Waals surface area contributed by atoms with Crippen molar-refractivity contribution < 1.29 is 4.42 Å². The van der Waals surface area contributed by atoms with E-state index in [4.69, 9.17) is 9.41 Å². The molecule has 0 radical (unpaired) electrons. The molecule has 134 valence electrons. The molecule has 7 heteroatoms. The molecule has 24 heavy (non-hydrogen) atoms. The van der Waals surface area contributed by atoms with Crippen molar-refractivity contribution in [2.45, 2.75) is 39.5 Å². The average molecular weight is 462 g/mol. The molecule has 0 saturated carbocycles. The van der Waals surface area contributed by atoms with Gasteiger partial charge in [0.05, 0.1) is 17.8 Å². The van der Waals surface area contributed by atoms with Crippen LogP contribution in [0.5, 0.6) is 0 Å². The first-order valence-corrected chi connectivity index (χ1v) is 8.97. The first kappa shape index (κ1) is 21.0. The highest BCUT2D eigenvalue weighted by Crippen LogP contribution is 2.21. The first-order chi connectivity index (χ1) is 11.2. The van der Waals surface area contributed by atoms with E-state index < -0.39 is 0 Å². The van der Waals surface area contributed by atoms with Gasteiger partial charge in [0.15, 0.2) is 5.96 Å². The SMILES string of the molecule is CCCNC(=NCC(C)c1ncc(C)s1)NCCc1ccco1.I. The molecule has 0 bridgehead atoms. The predicted molar refractivity (Wildman–Crippen MR) is 112 cm³/mol. The molecule has 0 aliphatic rings. The van der Waals surface area contributed by atoms with Crippen LogP contribution >= 0.6 is 35.3 Å². The van der Waals surface area contributed by atoms with Crippen LogP contribution in [-0.4, -0.2) is 30.6 Å². The molecule has 1 atom stereocenters. The second-order valence-corrected chi connectivity index (χ2v) is 6.85. The van der Waals surface area contributed by atoms with Crippen LogP contribution in [0.3, 0.4) is 0 Å². The fraction of sp³-hybridized carbons (Fsp3) is 0.529. The molecule has 2 N–H and O–H groups in total. The molecule has 1 unspecified atom stereocenters. The Morgan fingerprint density at radius 1 is 1.38 bits per heavy atom. The van der Waals surface area contributed by atoms with E-state index in [0.29, 0.717) is 5.92 Å². The van der Waals surface area contributed by atoms with Crippen molar-refractivity contribution in [2.75, 3.05) is 19.6 Å². The third-order valence-corrected chi connectivity index (χ3v) is 4.51. The minimum atomic E-state index is 0. The van der Waals surface area contributed by atoms with Crippen molar-refractivity contribution in [1.82, 2.24) is 15.6 Å². The maximum atomic E-state index is 5.35. The molecule has 2 heterocycles. The summed E-state index contributed by atoms with van der Waals surface area (Å²) in [5.41, 5.74) is 0. The summed E-state index contributed by atoms with van der Waals surface area (Å²) in [5.74, 6) is 2.18. The van der Waals surface area contributed by atoms with Gasteiger partial charge in [0.2, 0.25) is 0 Å². The van der Waals surface area contributed by atoms with Gasteiger partial charge in [-0.05, 0) is 25.5 Å². The first-order valence-electron chi connectivity index (χ1n) is 8.16. The van der Waals surface area contributed by atoms with Crippen LogP contribution in [0.25, 0.3) is 0 Å². The van der Waals surface area contributed by atoms with Gasteiger partial charge >= 0.3 is 0 Å². The summed E-state index contributed by atoms with van der Waals surface area (Å²) in [4.78, 5) is 10.4. The van der Waals surface area contributed by atoms with Gasteiger partial charge in [-0.3, -0.25) is 4.99 Å². The van der Waals surface area contributed by atoms with Gasteiger partial charge in [-0.15, -0.1) is 35.3 Å². The number of aryl methyl sites for hydroxylation is 1. The Hall–Kier alpha value is -1.09. The Morgan fingerprint density at radius 2 is 2.17 bits per heavy atom. The number of nitrogens with one attached hydrogen (secondary N) is 2. The summed E-state index contributed by atoms with van der Waals surface area (Å²) >= 11 is 1.75. The quantitative estimate of drug-likeness (QED) is 0.354. The number of hydrogen-bond donors (Lipinski definition) is 2. The summed E-state index contributed by atoms with van der Waals surface area (Å²) in [6, 6.07) is 3.90. The summed E-state index contributed by atoms with van der Waals surface area (Å²) in [6.45, 7) is 8.84. The minimum absolute atomic E-state index is 0. The van der Waals surface area contributed by atoms with Crippen LogP contribution in [0.15, 0.2) is 34.0 Å². The highest BCUT2D eigenvalue weighted by Gasteiger charge is 2.09. The van der Waals surface area contributed by atoms with E-state index in [2.05, 4.69) is 36.4 Å². The summed E-state index contributed by atoms with van der Waals surface area (Å²) in [5, 5.41) is 7.87. The smallest absolute Gasteiger partial charge is 0.191 e.